The van der Waals surface area contributed by atoms with Crippen molar-refractivity contribution in [1.29, 1.82) is 0 Å². The normalized spacial score (nSPS) is 19.8. The number of hydrogen-bond donors (Lipinski definition) is 1. The Kier molecular flexibility index (Phi) is 4.89. The van der Waals surface area contributed by atoms with E-state index in [0.717, 1.165) is 17.3 Å². The fourth-order valence-corrected chi connectivity index (χ4v) is 4.00. The van der Waals surface area contributed by atoms with E-state index in [1.54, 1.807) is 35.2 Å². The van der Waals surface area contributed by atoms with Gasteiger partial charge in [-0.2, -0.15) is 0 Å². The maximum atomic E-state index is 13.1. The molecule has 0 fully saturated rings. The zero-order valence-electron chi connectivity index (χ0n) is 15.4. The molecule has 0 radical (unpaired) electrons. The van der Waals surface area contributed by atoms with Crippen molar-refractivity contribution >= 4 is 33.3 Å². The zero-order valence-corrected chi connectivity index (χ0v) is 17.0. The lowest BCUT2D eigenvalue weighted by Gasteiger charge is -2.22. The molecule has 0 saturated heterocycles. The van der Waals surface area contributed by atoms with E-state index in [1.807, 2.05) is 13.0 Å². The van der Waals surface area contributed by atoms with Crippen LogP contribution in [0.2, 0.25) is 0 Å². The van der Waals surface area contributed by atoms with Crippen molar-refractivity contribution in [3.63, 3.8) is 0 Å². The molecule has 0 aliphatic carbocycles. The van der Waals surface area contributed by atoms with Crippen molar-refractivity contribution in [1.82, 2.24) is 0 Å². The maximum absolute atomic E-state index is 13.1. The molecule has 4 rings (SSSR count). The highest BCUT2D eigenvalue weighted by Gasteiger charge is 2.50. The summed E-state index contributed by atoms with van der Waals surface area (Å²) in [6.45, 7) is 2.66. The molecule has 1 N–H and O–H groups in total. The molecule has 0 aromatic heterocycles. The summed E-state index contributed by atoms with van der Waals surface area (Å²) in [6, 6.07) is 10.2. The number of fused-ring (bicyclic) bond motifs is 2. The number of unbranched alkanes of at least 4 members (excludes halogenated alkanes) is 1. The Morgan fingerprint density at radius 2 is 2.00 bits per heavy atom. The molecule has 2 aliphatic rings. The molecule has 1 atom stereocenters. The van der Waals surface area contributed by atoms with E-state index < -0.39 is 11.5 Å². The molecule has 2 aliphatic heterocycles. The summed E-state index contributed by atoms with van der Waals surface area (Å²) >= 11 is 3.40. The molecule has 0 spiro atoms. The molecule has 2 heterocycles. The van der Waals surface area contributed by atoms with Gasteiger partial charge in [0.1, 0.15) is 0 Å². The summed E-state index contributed by atoms with van der Waals surface area (Å²) in [7, 11) is 0. The number of Topliss-reactive ketones (excluding diaryl/α,β-unsaturated/α-hetero) is 1. The molecule has 0 bridgehead atoms. The van der Waals surface area contributed by atoms with Gasteiger partial charge in [-0.15, -0.1) is 0 Å². The van der Waals surface area contributed by atoms with Gasteiger partial charge < -0.3 is 19.5 Å². The lowest BCUT2D eigenvalue weighted by Crippen LogP contribution is -2.42. The van der Waals surface area contributed by atoms with Gasteiger partial charge in [-0.3, -0.25) is 9.59 Å². The first kappa shape index (κ1) is 19.0. The number of hydrogen-bond acceptors (Lipinski definition) is 5. The second kappa shape index (κ2) is 7.22. The molecule has 2 aromatic rings. The summed E-state index contributed by atoms with van der Waals surface area (Å²) < 4.78 is 11.3. The van der Waals surface area contributed by atoms with Crippen molar-refractivity contribution < 1.29 is 24.2 Å². The minimum absolute atomic E-state index is 0.114. The van der Waals surface area contributed by atoms with Gasteiger partial charge in [0.25, 0.3) is 5.91 Å². The third kappa shape index (κ3) is 3.08. The monoisotopic (exact) mass is 445 g/mol. The summed E-state index contributed by atoms with van der Waals surface area (Å²) in [5.41, 5.74) is -0.408. The number of carbonyl (C=O) groups is 2. The van der Waals surface area contributed by atoms with Crippen LogP contribution in [0.4, 0.5) is 5.69 Å². The van der Waals surface area contributed by atoms with E-state index in [2.05, 4.69) is 15.9 Å². The number of aliphatic hydroxyl groups is 1. The summed E-state index contributed by atoms with van der Waals surface area (Å²) in [5, 5.41) is 11.3. The van der Waals surface area contributed by atoms with Gasteiger partial charge in [-0.1, -0.05) is 29.3 Å². The maximum Gasteiger partial charge on any atom is 0.264 e. The van der Waals surface area contributed by atoms with Crippen LogP contribution in [0.3, 0.4) is 0 Å². The van der Waals surface area contributed by atoms with Gasteiger partial charge in [-0.05, 0) is 42.8 Å². The molecular formula is C21H20BrNO5. The third-order valence-corrected chi connectivity index (χ3v) is 5.63. The fraction of sp³-hybridized carbons (Fsp3) is 0.333. The van der Waals surface area contributed by atoms with Crippen molar-refractivity contribution in [2.45, 2.75) is 31.8 Å². The lowest BCUT2D eigenvalue weighted by molar-refractivity contribution is -0.135. The average molecular weight is 446 g/mol. The lowest BCUT2D eigenvalue weighted by atomic mass is 9.88. The number of anilines is 1. The smallest absolute Gasteiger partial charge is 0.264 e. The Balaban J connectivity index is 1.67. The quantitative estimate of drug-likeness (QED) is 0.684. The highest BCUT2D eigenvalue weighted by Crippen LogP contribution is 2.44. The van der Waals surface area contributed by atoms with Crippen LogP contribution in [-0.2, 0) is 10.4 Å². The van der Waals surface area contributed by atoms with Gasteiger partial charge in [0.05, 0.1) is 12.1 Å². The summed E-state index contributed by atoms with van der Waals surface area (Å²) in [6.07, 6.45) is 1.40. The second-order valence-electron chi connectivity index (χ2n) is 7.00. The Hall–Kier alpha value is -2.38. The van der Waals surface area contributed by atoms with Crippen LogP contribution in [0.15, 0.2) is 40.9 Å². The average Bonchev–Trinajstić information content (AvgIpc) is 3.22. The van der Waals surface area contributed by atoms with Crippen LogP contribution in [0.1, 0.15) is 42.1 Å². The molecule has 1 unspecified atom stereocenters. The van der Waals surface area contributed by atoms with Crippen LogP contribution in [0.5, 0.6) is 11.5 Å². The van der Waals surface area contributed by atoms with Crippen LogP contribution < -0.4 is 14.4 Å². The van der Waals surface area contributed by atoms with E-state index in [0.29, 0.717) is 34.9 Å². The number of ketones is 1. The SMILES string of the molecule is CCCCN1C(=O)C(O)(CC(=O)c2ccc3c(c2)OCO3)c2cc(Br)ccc21. The minimum Gasteiger partial charge on any atom is -0.454 e. The molecule has 0 saturated carbocycles. The first-order chi connectivity index (χ1) is 13.4. The van der Waals surface area contributed by atoms with Gasteiger partial charge >= 0.3 is 0 Å². The number of carbonyl (C=O) groups excluding carboxylic acids is 2. The molecule has 2 aromatic carbocycles. The first-order valence-electron chi connectivity index (χ1n) is 9.21. The topological polar surface area (TPSA) is 76.1 Å². The van der Waals surface area contributed by atoms with E-state index in [9.17, 15) is 14.7 Å². The number of nitrogens with zero attached hydrogens (tertiary/aromatic N) is 1. The Bertz CT molecular complexity index is 960. The van der Waals surface area contributed by atoms with Gasteiger partial charge in [0, 0.05) is 22.1 Å². The minimum atomic E-state index is -1.89. The van der Waals surface area contributed by atoms with Crippen molar-refractivity contribution in [3.05, 3.63) is 52.0 Å². The van der Waals surface area contributed by atoms with Crippen molar-refractivity contribution in [3.8, 4) is 11.5 Å². The van der Waals surface area contributed by atoms with Gasteiger partial charge in [0.2, 0.25) is 6.79 Å². The Morgan fingerprint density at radius 3 is 2.79 bits per heavy atom. The molecule has 1 amide bonds. The number of rotatable bonds is 6. The second-order valence-corrected chi connectivity index (χ2v) is 7.92. The van der Waals surface area contributed by atoms with Gasteiger partial charge in [0.15, 0.2) is 22.9 Å². The van der Waals surface area contributed by atoms with Gasteiger partial charge in [-0.25, -0.2) is 0 Å². The molecule has 6 nitrogen and oxygen atoms in total. The third-order valence-electron chi connectivity index (χ3n) is 5.14. The van der Waals surface area contributed by atoms with Crippen LogP contribution in [0, 0.1) is 0 Å². The number of ether oxygens (including phenoxy) is 2. The van der Waals surface area contributed by atoms with Crippen LogP contribution in [0.25, 0.3) is 0 Å². The van der Waals surface area contributed by atoms with Crippen molar-refractivity contribution in [2.24, 2.45) is 0 Å². The summed E-state index contributed by atoms with van der Waals surface area (Å²) in [5.74, 6) is 0.274. The predicted octanol–water partition coefficient (Wildman–Crippen LogP) is 3.79. The highest BCUT2D eigenvalue weighted by molar-refractivity contribution is 9.10. The molecule has 7 heteroatoms. The molecular weight excluding hydrogens is 426 g/mol. The van der Waals surface area contributed by atoms with E-state index >= 15 is 0 Å². The number of halogens is 1. The van der Waals surface area contributed by atoms with Crippen LogP contribution >= 0.6 is 15.9 Å². The first-order valence-corrected chi connectivity index (χ1v) is 10.0. The van der Waals surface area contributed by atoms with Crippen LogP contribution in [-0.4, -0.2) is 30.1 Å². The molecule has 28 heavy (non-hydrogen) atoms. The number of amides is 1. The van der Waals surface area contributed by atoms with Crippen molar-refractivity contribution in [2.75, 3.05) is 18.2 Å². The standard InChI is InChI=1S/C21H20BrNO5/c1-2-3-8-23-16-6-5-14(22)10-15(16)21(26,20(23)25)11-17(24)13-4-7-18-19(9-13)28-12-27-18/h4-7,9-10,26H,2-3,8,11-12H2,1H3. The predicted molar refractivity (Wildman–Crippen MR) is 107 cm³/mol. The Morgan fingerprint density at radius 1 is 1.21 bits per heavy atom. The summed E-state index contributed by atoms with van der Waals surface area (Å²) in [4.78, 5) is 27.6. The van der Waals surface area contributed by atoms with E-state index in [4.69, 9.17) is 9.47 Å². The molecule has 146 valence electrons. The number of benzene rings is 2. The van der Waals surface area contributed by atoms with E-state index in [-0.39, 0.29) is 19.0 Å². The highest BCUT2D eigenvalue weighted by atomic mass is 79.9. The Labute approximate surface area is 171 Å². The zero-order chi connectivity index (χ0) is 19.9. The van der Waals surface area contributed by atoms with E-state index in [1.165, 1.54) is 0 Å². The fourth-order valence-electron chi connectivity index (χ4n) is 3.64. The largest absolute Gasteiger partial charge is 0.454 e.